The number of nitrogens with zero attached hydrogens (tertiary/aromatic N) is 3. The zero-order valence-corrected chi connectivity index (χ0v) is 22.1. The molecule has 0 bridgehead atoms. The van der Waals surface area contributed by atoms with Gasteiger partial charge in [0.05, 0.1) is 39.6 Å². The van der Waals surface area contributed by atoms with Gasteiger partial charge in [0.15, 0.2) is 0 Å². The Morgan fingerprint density at radius 1 is 1.03 bits per heavy atom. The van der Waals surface area contributed by atoms with Crippen LogP contribution in [0.15, 0.2) is 90.9 Å². The highest BCUT2D eigenvalue weighted by molar-refractivity contribution is 6.35. The van der Waals surface area contributed by atoms with Gasteiger partial charge < -0.3 is 21.1 Å². The average Bonchev–Trinajstić information content (AvgIpc) is 3.49. The van der Waals surface area contributed by atoms with Crippen molar-refractivity contribution in [1.82, 2.24) is 21.4 Å². The molecule has 1 aliphatic heterocycles. The molecule has 2 atom stereocenters. The number of pyridine rings is 1. The lowest BCUT2D eigenvalue weighted by Gasteiger charge is -2.34. The summed E-state index contributed by atoms with van der Waals surface area (Å²) in [5.41, 5.74) is 15.3. The second-order valence-corrected chi connectivity index (χ2v) is 9.50. The van der Waals surface area contributed by atoms with Crippen LogP contribution in [0.5, 0.6) is 0 Å². The van der Waals surface area contributed by atoms with E-state index >= 15 is 0 Å². The molecule has 8 heteroatoms. The molecule has 4 N–H and O–H groups in total. The van der Waals surface area contributed by atoms with Crippen molar-refractivity contribution in [1.29, 1.82) is 5.26 Å². The van der Waals surface area contributed by atoms with Crippen molar-refractivity contribution >= 4 is 33.9 Å². The molecular formula is C30H30ClN7. The minimum Gasteiger partial charge on any atom is -0.377 e. The van der Waals surface area contributed by atoms with Gasteiger partial charge in [0.1, 0.15) is 6.07 Å². The van der Waals surface area contributed by atoms with Crippen LogP contribution in [0.2, 0.25) is 5.02 Å². The largest absolute Gasteiger partial charge is 0.377 e. The van der Waals surface area contributed by atoms with Gasteiger partial charge in [0, 0.05) is 30.0 Å². The van der Waals surface area contributed by atoms with Crippen molar-refractivity contribution in [3.63, 3.8) is 0 Å². The molecule has 4 aromatic rings. The summed E-state index contributed by atoms with van der Waals surface area (Å²) < 4.78 is 0. The van der Waals surface area contributed by atoms with Crippen LogP contribution in [0.4, 0.5) is 11.4 Å². The van der Waals surface area contributed by atoms with E-state index in [2.05, 4.69) is 81.8 Å². The van der Waals surface area contributed by atoms with Crippen molar-refractivity contribution in [3.8, 4) is 6.07 Å². The molecule has 192 valence electrons. The highest BCUT2D eigenvalue weighted by Crippen LogP contribution is 2.39. The van der Waals surface area contributed by atoms with E-state index in [1.165, 1.54) is 0 Å². The van der Waals surface area contributed by atoms with Gasteiger partial charge in [0.2, 0.25) is 0 Å². The monoisotopic (exact) mass is 523 g/mol. The summed E-state index contributed by atoms with van der Waals surface area (Å²) in [7, 11) is 0. The number of hydrogen-bond acceptors (Lipinski definition) is 7. The van der Waals surface area contributed by atoms with Crippen LogP contribution in [-0.2, 0) is 0 Å². The van der Waals surface area contributed by atoms with E-state index in [0.717, 1.165) is 46.6 Å². The van der Waals surface area contributed by atoms with Crippen molar-refractivity contribution < 1.29 is 0 Å². The maximum Gasteiger partial charge on any atom is 0.103 e. The summed E-state index contributed by atoms with van der Waals surface area (Å²) in [5.74, 6) is 0. The first-order valence-electron chi connectivity index (χ1n) is 12.8. The molecule has 7 nitrogen and oxygen atoms in total. The Bertz CT molecular complexity index is 1480. The minimum atomic E-state index is -0.103. The topological polar surface area (TPSA) is 88.0 Å². The first-order valence-corrected chi connectivity index (χ1v) is 13.1. The fourth-order valence-corrected chi connectivity index (χ4v) is 5.28. The molecule has 0 aliphatic carbocycles. The summed E-state index contributed by atoms with van der Waals surface area (Å²) >= 11 is 6.87. The number of nitrogens with one attached hydrogen (secondary N) is 4. The number of hydrazine groups is 2. The number of likely N-dealkylation sites (N-methyl/N-ethyl adjacent to an activating group) is 1. The minimum absolute atomic E-state index is 0.0284. The SMILES string of the molecule is CC[C@@H](Nc1c(C#N)cnc2c(Cl)cc(N(CC)[C@H](C3=CNNN3)c3ccccc3)cc12)c1ccccc1. The van der Waals surface area contributed by atoms with E-state index in [-0.39, 0.29) is 12.1 Å². The van der Waals surface area contributed by atoms with E-state index in [4.69, 9.17) is 11.6 Å². The maximum atomic E-state index is 10.0. The maximum absolute atomic E-state index is 10.0. The second-order valence-electron chi connectivity index (χ2n) is 9.09. The fraction of sp³-hybridized carbons (Fsp3) is 0.200. The number of benzene rings is 3. The first-order chi connectivity index (χ1) is 18.6. The second kappa shape index (κ2) is 11.4. The lowest BCUT2D eigenvalue weighted by atomic mass is 10.00. The smallest absolute Gasteiger partial charge is 0.103 e. The van der Waals surface area contributed by atoms with Gasteiger partial charge in [-0.2, -0.15) is 10.8 Å². The normalized spacial score (nSPS) is 14.1. The Morgan fingerprint density at radius 3 is 2.34 bits per heavy atom. The van der Waals surface area contributed by atoms with Gasteiger partial charge in [-0.1, -0.05) is 79.2 Å². The highest BCUT2D eigenvalue weighted by atomic mass is 35.5. The molecule has 38 heavy (non-hydrogen) atoms. The first kappa shape index (κ1) is 25.4. The summed E-state index contributed by atoms with van der Waals surface area (Å²) in [6.45, 7) is 4.97. The Kier molecular flexibility index (Phi) is 7.64. The molecule has 0 saturated heterocycles. The average molecular weight is 524 g/mol. The van der Waals surface area contributed by atoms with Gasteiger partial charge in [-0.25, -0.2) is 0 Å². The van der Waals surface area contributed by atoms with Crippen LogP contribution in [-0.4, -0.2) is 11.5 Å². The van der Waals surface area contributed by atoms with Gasteiger partial charge in [0.25, 0.3) is 0 Å². The van der Waals surface area contributed by atoms with E-state index < -0.39 is 0 Å². The van der Waals surface area contributed by atoms with Gasteiger partial charge >= 0.3 is 0 Å². The highest BCUT2D eigenvalue weighted by Gasteiger charge is 2.27. The lowest BCUT2D eigenvalue weighted by molar-refractivity contribution is 0.565. The van der Waals surface area contributed by atoms with Crippen LogP contribution in [0.1, 0.15) is 49.0 Å². The molecule has 0 saturated carbocycles. The van der Waals surface area contributed by atoms with Gasteiger partial charge in [-0.15, -0.1) is 0 Å². The number of fused-ring (bicyclic) bond motifs is 1. The number of halogens is 1. The van der Waals surface area contributed by atoms with Gasteiger partial charge in [-0.3, -0.25) is 4.98 Å². The molecule has 0 amide bonds. The Labute approximate surface area is 228 Å². The third-order valence-electron chi connectivity index (χ3n) is 6.86. The van der Waals surface area contributed by atoms with Crippen LogP contribution < -0.4 is 26.6 Å². The van der Waals surface area contributed by atoms with E-state index in [1.807, 2.05) is 48.7 Å². The van der Waals surface area contributed by atoms with Gasteiger partial charge in [-0.05, 0) is 36.6 Å². The lowest BCUT2D eigenvalue weighted by Crippen LogP contribution is -2.37. The van der Waals surface area contributed by atoms with Crippen molar-refractivity contribution in [3.05, 3.63) is 113 Å². The molecular weight excluding hydrogens is 494 g/mol. The van der Waals surface area contributed by atoms with Crippen LogP contribution in [0, 0.1) is 11.3 Å². The summed E-state index contributed by atoms with van der Waals surface area (Å²) in [4.78, 5) is 6.85. The van der Waals surface area contributed by atoms with Crippen LogP contribution >= 0.6 is 11.6 Å². The third kappa shape index (κ3) is 4.97. The summed E-state index contributed by atoms with van der Waals surface area (Å²) in [5, 5.41) is 15.0. The Hall–Kier alpha value is -4.25. The van der Waals surface area contributed by atoms with Crippen molar-refractivity contribution in [2.45, 2.75) is 32.4 Å². The number of hydrogen-bond donors (Lipinski definition) is 4. The molecule has 2 heterocycles. The molecule has 0 fully saturated rings. The molecule has 5 rings (SSSR count). The molecule has 0 radical (unpaired) electrons. The zero-order chi connectivity index (χ0) is 26.5. The number of aromatic nitrogens is 1. The van der Waals surface area contributed by atoms with Crippen LogP contribution in [0.25, 0.3) is 10.9 Å². The number of nitriles is 1. The predicted molar refractivity (Wildman–Crippen MR) is 154 cm³/mol. The van der Waals surface area contributed by atoms with E-state index in [0.29, 0.717) is 16.1 Å². The zero-order valence-electron chi connectivity index (χ0n) is 21.4. The number of rotatable bonds is 9. The van der Waals surface area contributed by atoms with Crippen LogP contribution in [0.3, 0.4) is 0 Å². The molecule has 3 aromatic carbocycles. The molecule has 0 unspecified atom stereocenters. The predicted octanol–water partition coefficient (Wildman–Crippen LogP) is 6.34. The molecule has 1 aromatic heterocycles. The third-order valence-corrected chi connectivity index (χ3v) is 7.15. The van der Waals surface area contributed by atoms with E-state index in [9.17, 15) is 5.26 Å². The standard InChI is InChI=1S/C30H30ClN7/c1-3-26(20-11-7-5-8-12-20)35-28-22(17-32)18-33-29-24(28)15-23(16-25(29)31)38(4-2)30(27-19-34-37-36-27)21-13-9-6-10-14-21/h5-16,18-19,26,30,34,36-37H,3-4H2,1-2H3,(H,33,35)/t26-,30+/m1/s1. The Balaban J connectivity index is 1.65. The van der Waals surface area contributed by atoms with Crippen molar-refractivity contribution in [2.75, 3.05) is 16.8 Å². The van der Waals surface area contributed by atoms with E-state index in [1.54, 1.807) is 6.20 Å². The summed E-state index contributed by atoms with van der Waals surface area (Å²) in [6, 6.07) is 26.9. The molecule has 0 spiro atoms. The summed E-state index contributed by atoms with van der Waals surface area (Å²) in [6.07, 6.45) is 4.38. The quantitative estimate of drug-likeness (QED) is 0.203. The number of anilines is 2. The Morgan fingerprint density at radius 2 is 1.74 bits per heavy atom. The fourth-order valence-electron chi connectivity index (χ4n) is 5.01. The van der Waals surface area contributed by atoms with Crippen molar-refractivity contribution in [2.24, 2.45) is 0 Å². The molecule has 1 aliphatic rings.